The van der Waals surface area contributed by atoms with Gasteiger partial charge in [-0.05, 0) is 51.1 Å². The van der Waals surface area contributed by atoms with Crippen molar-refractivity contribution < 1.29 is 4.79 Å². The summed E-state index contributed by atoms with van der Waals surface area (Å²) in [6.07, 6.45) is 4.74. The molecule has 1 aliphatic rings. The third kappa shape index (κ3) is 5.59. The van der Waals surface area contributed by atoms with Crippen LogP contribution in [0.4, 0.5) is 0 Å². The molecule has 1 fully saturated rings. The molecule has 1 aromatic heterocycles. The topological polar surface area (TPSA) is 53.4 Å². The van der Waals surface area contributed by atoms with Crippen molar-refractivity contribution in [3.05, 3.63) is 41.7 Å². The van der Waals surface area contributed by atoms with Gasteiger partial charge in [0.15, 0.2) is 5.16 Å². The van der Waals surface area contributed by atoms with Crippen LogP contribution >= 0.6 is 11.8 Å². The monoisotopic (exact) mass is 401 g/mol. The van der Waals surface area contributed by atoms with Crippen molar-refractivity contribution in [1.29, 1.82) is 0 Å². The van der Waals surface area contributed by atoms with Crippen molar-refractivity contribution >= 4 is 17.7 Å². The Bertz CT molecular complexity index is 783. The Kier molecular flexibility index (Phi) is 7.53. The summed E-state index contributed by atoms with van der Waals surface area (Å²) in [6, 6.07) is 6.25. The Balaban J connectivity index is 1.42. The molecule has 0 aliphatic carbocycles. The van der Waals surface area contributed by atoms with E-state index in [-0.39, 0.29) is 5.91 Å². The largest absolute Gasteiger partial charge is 0.355 e. The quantitative estimate of drug-likeness (QED) is 0.544. The van der Waals surface area contributed by atoms with E-state index < -0.39 is 0 Å². The van der Waals surface area contributed by atoms with Gasteiger partial charge in [-0.3, -0.25) is 9.36 Å². The average Bonchev–Trinajstić information content (AvgIpc) is 3.15. The maximum Gasteiger partial charge on any atom is 0.230 e. The van der Waals surface area contributed by atoms with Gasteiger partial charge in [0, 0.05) is 45.1 Å². The molecule has 2 heterocycles. The number of aryl methyl sites for hydroxylation is 1. The summed E-state index contributed by atoms with van der Waals surface area (Å²) >= 11 is 1.48. The highest BCUT2D eigenvalue weighted by Crippen LogP contribution is 2.24. The molecule has 0 saturated carbocycles. The number of aromatic nitrogens is 2. The van der Waals surface area contributed by atoms with Crippen molar-refractivity contribution in [1.82, 2.24) is 24.7 Å². The van der Waals surface area contributed by atoms with Gasteiger partial charge in [0.1, 0.15) is 0 Å². The highest BCUT2D eigenvalue weighted by Gasteiger charge is 2.14. The number of likely N-dealkylation sites (N-methyl/N-ethyl adjacent to an activating group) is 1. The van der Waals surface area contributed by atoms with E-state index in [1.807, 2.05) is 6.20 Å². The van der Waals surface area contributed by atoms with E-state index in [1.165, 1.54) is 22.9 Å². The normalized spacial score (nSPS) is 15.7. The molecule has 1 aliphatic heterocycles. The van der Waals surface area contributed by atoms with Crippen LogP contribution in [0.25, 0.3) is 5.69 Å². The Morgan fingerprint density at radius 1 is 1.21 bits per heavy atom. The maximum absolute atomic E-state index is 12.2. The molecule has 0 spiro atoms. The van der Waals surface area contributed by atoms with Gasteiger partial charge >= 0.3 is 0 Å². The highest BCUT2D eigenvalue weighted by molar-refractivity contribution is 7.99. The fraction of sp³-hybridized carbons (Fsp3) is 0.524. The number of benzene rings is 1. The number of rotatable bonds is 8. The molecule has 2 aromatic rings. The predicted octanol–water partition coefficient (Wildman–Crippen LogP) is 2.33. The lowest BCUT2D eigenvalue weighted by Crippen LogP contribution is -2.45. The Morgan fingerprint density at radius 2 is 2.00 bits per heavy atom. The lowest BCUT2D eigenvalue weighted by molar-refractivity contribution is -0.118. The van der Waals surface area contributed by atoms with Gasteiger partial charge in [0.25, 0.3) is 0 Å². The van der Waals surface area contributed by atoms with Gasteiger partial charge in [0.2, 0.25) is 5.91 Å². The summed E-state index contributed by atoms with van der Waals surface area (Å²) in [7, 11) is 2.17. The molecular formula is C21H31N5OS. The zero-order chi connectivity index (χ0) is 19.9. The molecule has 1 N–H and O–H groups in total. The molecule has 152 valence electrons. The van der Waals surface area contributed by atoms with Gasteiger partial charge in [-0.2, -0.15) is 0 Å². The first kappa shape index (κ1) is 20.9. The molecular weight excluding hydrogens is 370 g/mol. The van der Waals surface area contributed by atoms with Gasteiger partial charge in [-0.15, -0.1) is 0 Å². The lowest BCUT2D eigenvalue weighted by atomic mass is 10.1. The van der Waals surface area contributed by atoms with Crippen molar-refractivity contribution in [3.63, 3.8) is 0 Å². The fourth-order valence-electron chi connectivity index (χ4n) is 3.36. The SMILES string of the molecule is Cc1cccc(-n2ccnc2SCC(=O)NCCCN2CCN(C)CC2)c1C. The van der Waals surface area contributed by atoms with Crippen LogP contribution in [0, 0.1) is 13.8 Å². The molecule has 6 nitrogen and oxygen atoms in total. The number of nitrogens with zero attached hydrogens (tertiary/aromatic N) is 4. The number of hydrogen-bond acceptors (Lipinski definition) is 5. The second-order valence-electron chi connectivity index (χ2n) is 7.44. The number of piperazine rings is 1. The van der Waals surface area contributed by atoms with E-state index in [9.17, 15) is 4.79 Å². The summed E-state index contributed by atoms with van der Waals surface area (Å²) in [5.41, 5.74) is 3.60. The number of thioether (sulfide) groups is 1. The standard InChI is InChI=1S/C21H31N5OS/c1-17-6-4-7-19(18(17)2)26-11-9-23-21(26)28-16-20(27)22-8-5-10-25-14-12-24(3)13-15-25/h4,6-7,9,11H,5,8,10,12-16H2,1-3H3,(H,22,27). The van der Waals surface area contributed by atoms with E-state index >= 15 is 0 Å². The van der Waals surface area contributed by atoms with E-state index in [0.29, 0.717) is 5.75 Å². The van der Waals surface area contributed by atoms with Crippen molar-refractivity contribution in [2.45, 2.75) is 25.4 Å². The molecule has 3 rings (SSSR count). The third-order valence-electron chi connectivity index (χ3n) is 5.34. The van der Waals surface area contributed by atoms with Gasteiger partial charge in [0.05, 0.1) is 11.4 Å². The zero-order valence-electron chi connectivity index (χ0n) is 17.1. The fourth-order valence-corrected chi connectivity index (χ4v) is 4.16. The molecule has 0 radical (unpaired) electrons. The summed E-state index contributed by atoms with van der Waals surface area (Å²) in [5.74, 6) is 0.454. The van der Waals surface area contributed by atoms with Crippen LogP contribution in [0.2, 0.25) is 0 Å². The first-order chi connectivity index (χ1) is 13.5. The van der Waals surface area contributed by atoms with Crippen molar-refractivity contribution in [3.8, 4) is 5.69 Å². The molecule has 1 saturated heterocycles. The Hall–Kier alpha value is -1.83. The van der Waals surface area contributed by atoms with Crippen LogP contribution in [0.15, 0.2) is 35.7 Å². The van der Waals surface area contributed by atoms with E-state index in [1.54, 1.807) is 6.20 Å². The highest BCUT2D eigenvalue weighted by atomic mass is 32.2. The van der Waals surface area contributed by atoms with E-state index in [4.69, 9.17) is 0 Å². The van der Waals surface area contributed by atoms with Crippen molar-refractivity contribution in [2.75, 3.05) is 52.1 Å². The van der Waals surface area contributed by atoms with Gasteiger partial charge in [-0.25, -0.2) is 4.98 Å². The number of nitrogens with one attached hydrogen (secondary N) is 1. The maximum atomic E-state index is 12.2. The average molecular weight is 402 g/mol. The molecule has 0 atom stereocenters. The molecule has 7 heteroatoms. The number of amides is 1. The Morgan fingerprint density at radius 3 is 2.79 bits per heavy atom. The van der Waals surface area contributed by atoms with E-state index in [2.05, 4.69) is 63.8 Å². The van der Waals surface area contributed by atoms with Crippen LogP contribution in [0.3, 0.4) is 0 Å². The number of imidazole rings is 1. The minimum absolute atomic E-state index is 0.0684. The molecule has 1 aromatic carbocycles. The predicted molar refractivity (Wildman–Crippen MR) is 115 cm³/mol. The third-order valence-corrected chi connectivity index (χ3v) is 6.31. The van der Waals surface area contributed by atoms with Gasteiger partial charge < -0.3 is 15.1 Å². The smallest absolute Gasteiger partial charge is 0.230 e. The zero-order valence-corrected chi connectivity index (χ0v) is 18.0. The Labute approximate surface area is 172 Å². The number of hydrogen-bond donors (Lipinski definition) is 1. The second kappa shape index (κ2) is 10.1. The molecule has 1 amide bonds. The summed E-state index contributed by atoms with van der Waals surface area (Å²) in [5, 5.41) is 3.89. The summed E-state index contributed by atoms with van der Waals surface area (Å²) in [6.45, 7) is 10.5. The first-order valence-electron chi connectivity index (χ1n) is 9.95. The minimum Gasteiger partial charge on any atom is -0.355 e. The van der Waals surface area contributed by atoms with Crippen LogP contribution < -0.4 is 5.32 Å². The van der Waals surface area contributed by atoms with Crippen LogP contribution in [0.1, 0.15) is 17.5 Å². The van der Waals surface area contributed by atoms with Crippen LogP contribution in [0.5, 0.6) is 0 Å². The summed E-state index contributed by atoms with van der Waals surface area (Å²) in [4.78, 5) is 21.5. The molecule has 28 heavy (non-hydrogen) atoms. The van der Waals surface area contributed by atoms with Crippen LogP contribution in [-0.2, 0) is 4.79 Å². The molecule has 0 bridgehead atoms. The molecule has 0 unspecified atom stereocenters. The lowest BCUT2D eigenvalue weighted by Gasteiger charge is -2.32. The number of carbonyl (C=O) groups is 1. The van der Waals surface area contributed by atoms with Crippen molar-refractivity contribution in [2.24, 2.45) is 0 Å². The number of carbonyl (C=O) groups excluding carboxylic acids is 1. The van der Waals surface area contributed by atoms with E-state index in [0.717, 1.165) is 56.5 Å². The van der Waals surface area contributed by atoms with Gasteiger partial charge in [-0.1, -0.05) is 23.9 Å². The summed E-state index contributed by atoms with van der Waals surface area (Å²) < 4.78 is 2.06. The first-order valence-corrected chi connectivity index (χ1v) is 10.9. The second-order valence-corrected chi connectivity index (χ2v) is 8.38. The minimum atomic E-state index is 0.0684. The van der Waals surface area contributed by atoms with Crippen LogP contribution in [-0.4, -0.2) is 77.3 Å².